The van der Waals surface area contributed by atoms with E-state index in [0.29, 0.717) is 5.56 Å². The van der Waals surface area contributed by atoms with E-state index in [2.05, 4.69) is 5.32 Å². The van der Waals surface area contributed by atoms with E-state index in [1.165, 1.54) is 6.07 Å². The Hall–Kier alpha value is -1.42. The molecule has 3 nitrogen and oxygen atoms in total. The number of nitrogens with one attached hydrogen (secondary N) is 1. The summed E-state index contributed by atoms with van der Waals surface area (Å²) in [6.07, 6.45) is 2.16. The lowest BCUT2D eigenvalue weighted by Crippen LogP contribution is -2.52. The number of carboxylic acid groups (broad SMARTS) is 1. The smallest absolute Gasteiger partial charge is 0.323 e. The summed E-state index contributed by atoms with van der Waals surface area (Å²) in [5.41, 5.74) is -0.658. The lowest BCUT2D eigenvalue weighted by atomic mass is 9.92. The minimum Gasteiger partial charge on any atom is -0.480 e. The summed E-state index contributed by atoms with van der Waals surface area (Å²) in [6.45, 7) is 1.61. The van der Waals surface area contributed by atoms with Gasteiger partial charge in [-0.15, -0.1) is 0 Å². The van der Waals surface area contributed by atoms with E-state index in [-0.39, 0.29) is 18.3 Å². The van der Waals surface area contributed by atoms with Crippen LogP contribution in [0.4, 0.5) is 4.39 Å². The monoisotopic (exact) mass is 237 g/mol. The van der Waals surface area contributed by atoms with E-state index in [1.807, 2.05) is 0 Å². The van der Waals surface area contributed by atoms with Gasteiger partial charge in [0, 0.05) is 12.5 Å². The second-order valence-electron chi connectivity index (χ2n) is 4.82. The molecule has 2 N–H and O–H groups in total. The molecule has 0 aliphatic heterocycles. The molecule has 0 spiro atoms. The molecule has 1 saturated carbocycles. The summed E-state index contributed by atoms with van der Waals surface area (Å²) in [5.74, 6) is -1.29. The van der Waals surface area contributed by atoms with Crippen molar-refractivity contribution in [2.45, 2.75) is 37.8 Å². The van der Waals surface area contributed by atoms with Gasteiger partial charge in [-0.1, -0.05) is 18.2 Å². The average molecular weight is 237 g/mol. The van der Waals surface area contributed by atoms with Crippen molar-refractivity contribution < 1.29 is 14.3 Å². The third-order valence-electron chi connectivity index (χ3n) is 3.07. The molecular weight excluding hydrogens is 221 g/mol. The number of aliphatic carboxylic acids is 1. The van der Waals surface area contributed by atoms with Crippen LogP contribution in [-0.4, -0.2) is 22.7 Å². The fourth-order valence-corrected chi connectivity index (χ4v) is 1.89. The second-order valence-corrected chi connectivity index (χ2v) is 4.82. The molecular formula is C13H16FNO2. The van der Waals surface area contributed by atoms with Crippen LogP contribution in [0.3, 0.4) is 0 Å². The van der Waals surface area contributed by atoms with E-state index < -0.39 is 11.5 Å². The van der Waals surface area contributed by atoms with Crippen molar-refractivity contribution in [1.29, 1.82) is 0 Å². The summed E-state index contributed by atoms with van der Waals surface area (Å²) in [7, 11) is 0. The largest absolute Gasteiger partial charge is 0.480 e. The summed E-state index contributed by atoms with van der Waals surface area (Å²) in [6, 6.07) is 6.57. The van der Waals surface area contributed by atoms with Gasteiger partial charge in [0.1, 0.15) is 11.4 Å². The standard InChI is InChI=1S/C13H16FNO2/c1-13(12(16)17,15-10-6-7-10)8-9-4-2-3-5-11(9)14/h2-5,10,15H,6-8H2,1H3,(H,16,17). The molecule has 1 fully saturated rings. The van der Waals surface area contributed by atoms with Crippen LogP contribution in [-0.2, 0) is 11.2 Å². The Morgan fingerprint density at radius 2 is 2.18 bits per heavy atom. The van der Waals surface area contributed by atoms with Crippen molar-refractivity contribution >= 4 is 5.97 Å². The maximum Gasteiger partial charge on any atom is 0.323 e. The van der Waals surface area contributed by atoms with Crippen LogP contribution in [0, 0.1) is 5.82 Å². The van der Waals surface area contributed by atoms with Crippen LogP contribution >= 0.6 is 0 Å². The molecule has 2 rings (SSSR count). The lowest BCUT2D eigenvalue weighted by molar-refractivity contribution is -0.144. The third-order valence-corrected chi connectivity index (χ3v) is 3.07. The molecule has 0 aromatic heterocycles. The van der Waals surface area contributed by atoms with Crippen LogP contribution < -0.4 is 5.32 Å². The first kappa shape index (κ1) is 12.0. The second kappa shape index (κ2) is 4.45. The highest BCUT2D eigenvalue weighted by Crippen LogP contribution is 2.25. The van der Waals surface area contributed by atoms with Gasteiger partial charge >= 0.3 is 5.97 Å². The normalized spacial score (nSPS) is 18.7. The Bertz CT molecular complexity index is 431. The van der Waals surface area contributed by atoms with Crippen molar-refractivity contribution in [2.75, 3.05) is 0 Å². The van der Waals surface area contributed by atoms with Crippen LogP contribution in [0.2, 0.25) is 0 Å². The van der Waals surface area contributed by atoms with Gasteiger partial charge in [-0.3, -0.25) is 10.1 Å². The number of carboxylic acids is 1. The molecule has 1 atom stereocenters. The molecule has 1 aliphatic rings. The highest BCUT2D eigenvalue weighted by molar-refractivity contribution is 5.78. The predicted molar refractivity (Wildman–Crippen MR) is 62.3 cm³/mol. The Labute approximate surface area is 99.7 Å². The van der Waals surface area contributed by atoms with Gasteiger partial charge in [0.05, 0.1) is 0 Å². The SMILES string of the molecule is CC(Cc1ccccc1F)(NC1CC1)C(=O)O. The minimum absolute atomic E-state index is 0.158. The van der Waals surface area contributed by atoms with E-state index in [0.717, 1.165) is 12.8 Å². The summed E-state index contributed by atoms with van der Waals surface area (Å²) >= 11 is 0. The quantitative estimate of drug-likeness (QED) is 0.823. The highest BCUT2D eigenvalue weighted by atomic mass is 19.1. The van der Waals surface area contributed by atoms with Crippen LogP contribution in [0.25, 0.3) is 0 Å². The number of carbonyl (C=O) groups is 1. The Morgan fingerprint density at radius 1 is 1.53 bits per heavy atom. The molecule has 1 aromatic carbocycles. The summed E-state index contributed by atoms with van der Waals surface area (Å²) in [4.78, 5) is 11.3. The van der Waals surface area contributed by atoms with Crippen LogP contribution in [0.5, 0.6) is 0 Å². The van der Waals surface area contributed by atoms with Gasteiger partial charge in [0.15, 0.2) is 0 Å². The zero-order chi connectivity index (χ0) is 12.5. The Balaban J connectivity index is 2.17. The molecule has 0 heterocycles. The van der Waals surface area contributed by atoms with Crippen molar-refractivity contribution in [1.82, 2.24) is 5.32 Å². The minimum atomic E-state index is -1.09. The van der Waals surface area contributed by atoms with Gasteiger partial charge in [0.2, 0.25) is 0 Å². The van der Waals surface area contributed by atoms with E-state index in [4.69, 9.17) is 0 Å². The van der Waals surface area contributed by atoms with Crippen molar-refractivity contribution in [3.8, 4) is 0 Å². The van der Waals surface area contributed by atoms with Gasteiger partial charge in [-0.2, -0.15) is 0 Å². The summed E-state index contributed by atoms with van der Waals surface area (Å²) < 4.78 is 13.5. The first-order chi connectivity index (χ1) is 8.01. The number of hydrogen-bond donors (Lipinski definition) is 2. The number of halogens is 1. The van der Waals surface area contributed by atoms with Crippen molar-refractivity contribution in [2.24, 2.45) is 0 Å². The van der Waals surface area contributed by atoms with Gasteiger partial charge in [0.25, 0.3) is 0 Å². The molecule has 1 aromatic rings. The van der Waals surface area contributed by atoms with Crippen LogP contribution in [0.15, 0.2) is 24.3 Å². The number of hydrogen-bond acceptors (Lipinski definition) is 2. The third kappa shape index (κ3) is 2.82. The topological polar surface area (TPSA) is 49.3 Å². The fraction of sp³-hybridized carbons (Fsp3) is 0.462. The van der Waals surface area contributed by atoms with E-state index >= 15 is 0 Å². The number of rotatable bonds is 5. The average Bonchev–Trinajstić information content (AvgIpc) is 3.05. The maximum atomic E-state index is 13.5. The molecule has 1 unspecified atom stereocenters. The van der Waals surface area contributed by atoms with Crippen molar-refractivity contribution in [3.05, 3.63) is 35.6 Å². The van der Waals surface area contributed by atoms with Gasteiger partial charge < -0.3 is 5.11 Å². The van der Waals surface area contributed by atoms with E-state index in [9.17, 15) is 14.3 Å². The number of benzene rings is 1. The zero-order valence-electron chi connectivity index (χ0n) is 9.74. The highest BCUT2D eigenvalue weighted by Gasteiger charge is 2.38. The first-order valence-electron chi connectivity index (χ1n) is 5.76. The molecule has 0 bridgehead atoms. The molecule has 4 heteroatoms. The maximum absolute atomic E-state index is 13.5. The lowest BCUT2D eigenvalue weighted by Gasteiger charge is -2.26. The van der Waals surface area contributed by atoms with Gasteiger partial charge in [-0.05, 0) is 31.4 Å². The Kier molecular flexibility index (Phi) is 3.15. The van der Waals surface area contributed by atoms with E-state index in [1.54, 1.807) is 25.1 Å². The first-order valence-corrected chi connectivity index (χ1v) is 5.76. The molecule has 17 heavy (non-hydrogen) atoms. The summed E-state index contributed by atoms with van der Waals surface area (Å²) in [5, 5.41) is 12.4. The molecule has 0 radical (unpaired) electrons. The van der Waals surface area contributed by atoms with Gasteiger partial charge in [-0.25, -0.2) is 4.39 Å². The molecule has 0 saturated heterocycles. The Morgan fingerprint density at radius 3 is 2.71 bits per heavy atom. The molecule has 92 valence electrons. The molecule has 0 amide bonds. The fourth-order valence-electron chi connectivity index (χ4n) is 1.89. The predicted octanol–water partition coefficient (Wildman–Crippen LogP) is 1.96. The van der Waals surface area contributed by atoms with Crippen molar-refractivity contribution in [3.63, 3.8) is 0 Å². The zero-order valence-corrected chi connectivity index (χ0v) is 9.74. The van der Waals surface area contributed by atoms with Crippen LogP contribution in [0.1, 0.15) is 25.3 Å². The molecule has 1 aliphatic carbocycles.